The van der Waals surface area contributed by atoms with Crippen LogP contribution in [0.3, 0.4) is 0 Å². The topological polar surface area (TPSA) is 212 Å². The van der Waals surface area contributed by atoms with Crippen molar-refractivity contribution >= 4 is 35.4 Å². The normalized spacial score (nSPS) is 32.2. The molecule has 3 fully saturated rings. The number of rotatable bonds is 12. The van der Waals surface area contributed by atoms with E-state index in [1.165, 1.54) is 39.8 Å². The Hall–Kier alpha value is -4.76. The van der Waals surface area contributed by atoms with Crippen molar-refractivity contribution in [1.82, 2.24) is 5.32 Å². The first-order chi connectivity index (χ1) is 27.3. The molecule has 58 heavy (non-hydrogen) atoms. The number of ketones is 2. The van der Waals surface area contributed by atoms with Gasteiger partial charge >= 0.3 is 17.9 Å². The number of carbonyl (C=O) groups excluding carboxylic acids is 6. The Balaban J connectivity index is 1.47. The van der Waals surface area contributed by atoms with Gasteiger partial charge in [-0.2, -0.15) is 0 Å². The summed E-state index contributed by atoms with van der Waals surface area (Å²) in [6.45, 7) is 8.65. The van der Waals surface area contributed by atoms with Crippen molar-refractivity contribution in [3.8, 4) is 0 Å². The van der Waals surface area contributed by atoms with Gasteiger partial charge in [-0.1, -0.05) is 82.1 Å². The van der Waals surface area contributed by atoms with Crippen LogP contribution in [-0.4, -0.2) is 99.0 Å². The first-order valence-electron chi connectivity index (χ1n) is 19.9. The van der Waals surface area contributed by atoms with Crippen LogP contribution in [-0.2, 0) is 42.9 Å². The minimum absolute atomic E-state index is 0.0759. The number of hydrogen-bond acceptors (Lipinski definition) is 13. The molecule has 4 aliphatic rings. The maximum Gasteiger partial charge on any atom is 0.338 e. The average molecular weight is 804 g/mol. The molecule has 6 rings (SSSR count). The zero-order chi connectivity index (χ0) is 42.4. The molecule has 1 unspecified atom stereocenters. The Morgan fingerprint density at radius 3 is 2.19 bits per heavy atom. The highest BCUT2D eigenvalue weighted by Crippen LogP contribution is 2.63. The fourth-order valence-corrected chi connectivity index (χ4v) is 9.69. The summed E-state index contributed by atoms with van der Waals surface area (Å²) in [6.07, 6.45) is -6.17. The third-order valence-corrected chi connectivity index (χ3v) is 13.0. The number of aliphatic hydroxyl groups excluding tert-OH is 2. The molecule has 1 aliphatic heterocycles. The molecule has 3 aliphatic carbocycles. The van der Waals surface area contributed by atoms with Gasteiger partial charge in [0.05, 0.1) is 35.6 Å². The molecule has 2 aromatic rings. The van der Waals surface area contributed by atoms with Gasteiger partial charge in [0, 0.05) is 37.2 Å². The smallest absolute Gasteiger partial charge is 0.338 e. The summed E-state index contributed by atoms with van der Waals surface area (Å²) in [5.41, 5.74) is -7.60. The summed E-state index contributed by atoms with van der Waals surface area (Å²) in [6, 6.07) is 15.0. The van der Waals surface area contributed by atoms with Crippen LogP contribution in [0, 0.1) is 16.7 Å². The first kappa shape index (κ1) is 42.8. The van der Waals surface area contributed by atoms with Gasteiger partial charge in [-0.05, 0) is 43.5 Å². The van der Waals surface area contributed by atoms with Gasteiger partial charge in [0.15, 0.2) is 11.7 Å². The average Bonchev–Trinajstić information content (AvgIpc) is 3.18. The third-order valence-electron chi connectivity index (χ3n) is 13.0. The van der Waals surface area contributed by atoms with Crippen molar-refractivity contribution in [1.29, 1.82) is 0 Å². The van der Waals surface area contributed by atoms with Crippen LogP contribution in [0.25, 0.3) is 0 Å². The third kappa shape index (κ3) is 7.07. The van der Waals surface area contributed by atoms with E-state index in [1.807, 2.05) is 6.92 Å². The van der Waals surface area contributed by atoms with Crippen molar-refractivity contribution in [2.45, 2.75) is 128 Å². The van der Waals surface area contributed by atoms with E-state index in [4.69, 9.17) is 18.9 Å². The Labute approximate surface area is 337 Å². The summed E-state index contributed by atoms with van der Waals surface area (Å²) in [5, 5.41) is 39.5. The molecule has 14 heteroatoms. The molecule has 1 amide bonds. The second kappa shape index (κ2) is 16.1. The zero-order valence-corrected chi connectivity index (χ0v) is 33.7. The minimum Gasteiger partial charge on any atom is -0.456 e. The van der Waals surface area contributed by atoms with Crippen LogP contribution in [0.15, 0.2) is 71.8 Å². The van der Waals surface area contributed by atoms with Crippen molar-refractivity contribution in [3.05, 3.63) is 82.9 Å². The summed E-state index contributed by atoms with van der Waals surface area (Å²) >= 11 is 0. The Morgan fingerprint density at radius 2 is 1.60 bits per heavy atom. The number of nitrogens with one attached hydrogen (secondary N) is 1. The maximum absolute atomic E-state index is 14.9. The largest absolute Gasteiger partial charge is 0.456 e. The van der Waals surface area contributed by atoms with E-state index in [1.54, 1.807) is 48.5 Å². The molecular weight excluding hydrogens is 750 g/mol. The number of aliphatic hydroxyl groups is 3. The molecule has 312 valence electrons. The molecule has 14 nitrogen and oxygen atoms in total. The van der Waals surface area contributed by atoms with Gasteiger partial charge in [0.2, 0.25) is 17.5 Å². The summed E-state index contributed by atoms with van der Waals surface area (Å²) < 4.78 is 24.1. The number of unbranched alkanes of at least 4 members (excludes halogenated alkanes) is 2. The number of amides is 1. The van der Waals surface area contributed by atoms with E-state index >= 15 is 0 Å². The van der Waals surface area contributed by atoms with E-state index in [0.717, 1.165) is 19.8 Å². The van der Waals surface area contributed by atoms with Crippen LogP contribution < -0.4 is 5.32 Å². The summed E-state index contributed by atoms with van der Waals surface area (Å²) in [4.78, 5) is 83.6. The Bertz CT molecular complexity index is 1980. The zero-order valence-electron chi connectivity index (χ0n) is 33.7. The SMILES string of the molecule is CCCCCC(=O)NC(c1ccccc1)[C@@H](O)C(=O)O[C@H]1C[C@@]2(O)[C@@H](OC(=O)c3ccccc3)[C@@H]3[C@]4(OC(C)=O)CO[C@@H]4C[C@@H](O)[C@@]3(C)C(=O)C(=O)C(=C1C)C2(C)C. The molecule has 2 bridgehead atoms. The molecule has 2 saturated carbocycles. The van der Waals surface area contributed by atoms with Crippen LogP contribution >= 0.6 is 0 Å². The highest BCUT2D eigenvalue weighted by Gasteiger charge is 2.78. The van der Waals surface area contributed by atoms with Crippen molar-refractivity contribution in [3.63, 3.8) is 0 Å². The number of benzene rings is 2. The van der Waals surface area contributed by atoms with E-state index in [2.05, 4.69) is 5.32 Å². The number of Topliss-reactive ketones (excluding diaryl/α,β-unsaturated/α-hetero) is 2. The molecule has 10 atom stereocenters. The van der Waals surface area contributed by atoms with Gasteiger partial charge < -0.3 is 39.6 Å². The van der Waals surface area contributed by atoms with Gasteiger partial charge in [-0.15, -0.1) is 0 Å². The van der Waals surface area contributed by atoms with E-state index in [9.17, 15) is 44.1 Å². The van der Waals surface area contributed by atoms with Gasteiger partial charge in [-0.25, -0.2) is 9.59 Å². The van der Waals surface area contributed by atoms with Crippen LogP contribution in [0.4, 0.5) is 0 Å². The first-order valence-corrected chi connectivity index (χ1v) is 19.9. The predicted molar refractivity (Wildman–Crippen MR) is 206 cm³/mol. The highest BCUT2D eigenvalue weighted by atomic mass is 16.6. The molecule has 0 spiro atoms. The second-order valence-electron chi connectivity index (χ2n) is 16.8. The second-order valence-corrected chi connectivity index (χ2v) is 16.8. The monoisotopic (exact) mass is 803 g/mol. The highest BCUT2D eigenvalue weighted by molar-refractivity contribution is 6.46. The fourth-order valence-electron chi connectivity index (χ4n) is 9.69. The van der Waals surface area contributed by atoms with E-state index in [0.29, 0.717) is 12.0 Å². The van der Waals surface area contributed by atoms with Gasteiger partial charge in [-0.3, -0.25) is 19.2 Å². The molecule has 0 aromatic heterocycles. The number of carbonyl (C=O) groups is 6. The van der Waals surface area contributed by atoms with Crippen LogP contribution in [0.5, 0.6) is 0 Å². The predicted octanol–water partition coefficient (Wildman–Crippen LogP) is 3.64. The lowest BCUT2D eigenvalue weighted by molar-refractivity contribution is -0.343. The van der Waals surface area contributed by atoms with Crippen molar-refractivity contribution in [2.24, 2.45) is 16.7 Å². The number of hydrogen-bond donors (Lipinski definition) is 4. The van der Waals surface area contributed by atoms with Crippen LogP contribution in [0.1, 0.15) is 102 Å². The van der Waals surface area contributed by atoms with Crippen molar-refractivity contribution < 1.29 is 63.0 Å². The Kier molecular flexibility index (Phi) is 11.9. The standard InChI is InChI=1S/C44H53NO13/c1-7-8-11-20-31(48)45-33(26-16-12-9-13-17-26)35(50)40(53)56-28-22-44(54)38(57-39(52)27-18-14-10-15-19-27)36-42(6,37(51)34(49)32(24(28)2)41(44,4)5)29(47)21-30-43(36,23-55-30)58-25(3)46/h9-10,12-19,28-30,33,35-36,38,47,50,54H,7-8,11,20-23H2,1-6H3,(H,45,48)/t28-,29+,30+,33?,35+,36-,38-,42+,43-,44+/m0/s1. The Morgan fingerprint density at radius 1 is 0.966 bits per heavy atom. The van der Waals surface area contributed by atoms with E-state index < -0.39 is 106 Å². The summed E-state index contributed by atoms with van der Waals surface area (Å²) in [5.74, 6) is -7.04. The lowest BCUT2D eigenvalue weighted by Gasteiger charge is -2.66. The molecule has 2 aromatic carbocycles. The number of fused-ring (bicyclic) bond motifs is 5. The van der Waals surface area contributed by atoms with E-state index in [-0.39, 0.29) is 36.2 Å². The van der Waals surface area contributed by atoms with Crippen molar-refractivity contribution in [2.75, 3.05) is 6.61 Å². The quantitative estimate of drug-likeness (QED) is 0.105. The number of ether oxygens (including phenoxy) is 4. The molecule has 1 heterocycles. The maximum atomic E-state index is 14.9. The van der Waals surface area contributed by atoms with Gasteiger partial charge in [0.25, 0.3) is 0 Å². The lowest BCUT2D eigenvalue weighted by Crippen LogP contribution is -2.81. The molecule has 4 N–H and O–H groups in total. The fraction of sp³-hybridized carbons (Fsp3) is 0.545. The molecule has 1 saturated heterocycles. The summed E-state index contributed by atoms with van der Waals surface area (Å²) in [7, 11) is 0. The van der Waals surface area contributed by atoms with Gasteiger partial charge in [0.1, 0.15) is 23.9 Å². The number of esters is 3. The molecule has 0 radical (unpaired) electrons. The minimum atomic E-state index is -2.39. The van der Waals surface area contributed by atoms with Crippen LogP contribution in [0.2, 0.25) is 0 Å². The molecular formula is C44H53NO13. The lowest BCUT2D eigenvalue weighted by atomic mass is 9.45.